The summed E-state index contributed by atoms with van der Waals surface area (Å²) in [5, 5.41) is 0.767. The van der Waals surface area contributed by atoms with Crippen molar-refractivity contribution in [1.82, 2.24) is 0 Å². The van der Waals surface area contributed by atoms with Crippen LogP contribution < -0.4 is 5.73 Å². The number of aryl methyl sites for hydroxylation is 1. The second kappa shape index (κ2) is 3.81. The lowest BCUT2D eigenvalue weighted by Gasteiger charge is -2.38. The Kier molecular flexibility index (Phi) is 2.43. The van der Waals surface area contributed by atoms with Gasteiger partial charge in [-0.2, -0.15) is 0 Å². The quantitative estimate of drug-likeness (QED) is 0.747. The lowest BCUT2D eigenvalue weighted by molar-refractivity contribution is 0.364. The van der Waals surface area contributed by atoms with E-state index in [2.05, 4.69) is 24.3 Å². The molecular formula is C13H16N2S. The first-order valence-electron chi connectivity index (χ1n) is 5.87. The third kappa shape index (κ3) is 1.54. The van der Waals surface area contributed by atoms with Crippen molar-refractivity contribution in [3.8, 4) is 0 Å². The van der Waals surface area contributed by atoms with Crippen molar-refractivity contribution in [2.45, 2.75) is 31.2 Å². The molecule has 1 aliphatic heterocycles. The minimum atomic E-state index is 0.00414. The summed E-state index contributed by atoms with van der Waals surface area (Å²) in [7, 11) is 0. The Morgan fingerprint density at radius 3 is 3.00 bits per heavy atom. The van der Waals surface area contributed by atoms with Gasteiger partial charge in [0.2, 0.25) is 0 Å². The van der Waals surface area contributed by atoms with Crippen LogP contribution in [-0.4, -0.2) is 10.9 Å². The monoisotopic (exact) mass is 232 g/mol. The summed E-state index contributed by atoms with van der Waals surface area (Å²) in [6.45, 7) is 0. The molecule has 3 rings (SSSR count). The third-order valence-electron chi connectivity index (χ3n) is 3.64. The highest BCUT2D eigenvalue weighted by Crippen LogP contribution is 2.44. The average Bonchev–Trinajstić information content (AvgIpc) is 2.30. The number of benzene rings is 1. The van der Waals surface area contributed by atoms with Gasteiger partial charge in [0.1, 0.15) is 0 Å². The van der Waals surface area contributed by atoms with E-state index in [-0.39, 0.29) is 5.54 Å². The third-order valence-corrected chi connectivity index (χ3v) is 4.44. The van der Waals surface area contributed by atoms with Crippen LogP contribution in [-0.2, 0) is 12.0 Å². The Labute approximate surface area is 100 Å². The summed E-state index contributed by atoms with van der Waals surface area (Å²) >= 11 is 1.69. The summed E-state index contributed by atoms with van der Waals surface area (Å²) < 4.78 is 0. The second-order valence-electron chi connectivity index (χ2n) is 4.59. The number of amidine groups is 1. The topological polar surface area (TPSA) is 38.4 Å². The fourth-order valence-electron chi connectivity index (χ4n) is 2.90. The average molecular weight is 232 g/mol. The minimum Gasteiger partial charge on any atom is -0.379 e. The zero-order valence-corrected chi connectivity index (χ0v) is 10.1. The minimum absolute atomic E-state index is 0.00414. The van der Waals surface area contributed by atoms with Gasteiger partial charge in [0.05, 0.1) is 5.54 Å². The number of nitrogens with two attached hydrogens (primary N) is 1. The molecule has 2 N–H and O–H groups in total. The number of aliphatic imine (C=N–C) groups is 1. The van der Waals surface area contributed by atoms with Crippen molar-refractivity contribution in [3.63, 3.8) is 0 Å². The van der Waals surface area contributed by atoms with E-state index in [1.165, 1.54) is 24.0 Å². The smallest absolute Gasteiger partial charge is 0.154 e. The maximum absolute atomic E-state index is 5.91. The molecule has 0 saturated carbocycles. The number of hydrogen-bond acceptors (Lipinski definition) is 3. The number of thioether (sulfide) groups is 1. The van der Waals surface area contributed by atoms with Crippen molar-refractivity contribution < 1.29 is 0 Å². The largest absolute Gasteiger partial charge is 0.379 e. The van der Waals surface area contributed by atoms with Gasteiger partial charge in [-0.15, -0.1) is 0 Å². The lowest BCUT2D eigenvalue weighted by atomic mass is 9.75. The first-order chi connectivity index (χ1) is 7.80. The van der Waals surface area contributed by atoms with Crippen LogP contribution in [0.3, 0.4) is 0 Å². The summed E-state index contributed by atoms with van der Waals surface area (Å²) in [5.74, 6) is 1.10. The molecule has 0 fully saturated rings. The Balaban J connectivity index is 2.13. The van der Waals surface area contributed by atoms with Gasteiger partial charge in [-0.3, -0.25) is 4.99 Å². The maximum atomic E-state index is 5.91. The van der Waals surface area contributed by atoms with Gasteiger partial charge < -0.3 is 5.73 Å². The molecule has 84 valence electrons. The van der Waals surface area contributed by atoms with Gasteiger partial charge in [-0.25, -0.2) is 0 Å². The fraction of sp³-hybridized carbons (Fsp3) is 0.462. The molecule has 2 aliphatic rings. The van der Waals surface area contributed by atoms with E-state index in [0.29, 0.717) is 0 Å². The molecule has 1 aromatic carbocycles. The van der Waals surface area contributed by atoms with E-state index in [0.717, 1.165) is 23.8 Å². The van der Waals surface area contributed by atoms with Gasteiger partial charge in [0.25, 0.3) is 0 Å². The Morgan fingerprint density at radius 1 is 1.25 bits per heavy atom. The summed E-state index contributed by atoms with van der Waals surface area (Å²) in [5.41, 5.74) is 8.80. The Hall–Kier alpha value is -0.960. The fourth-order valence-corrected chi connectivity index (χ4v) is 3.79. The van der Waals surface area contributed by atoms with E-state index in [1.54, 1.807) is 11.8 Å². The molecule has 0 radical (unpaired) electrons. The van der Waals surface area contributed by atoms with Crippen LogP contribution >= 0.6 is 11.8 Å². The van der Waals surface area contributed by atoms with E-state index in [9.17, 15) is 0 Å². The lowest BCUT2D eigenvalue weighted by Crippen LogP contribution is -2.34. The molecule has 1 unspecified atom stereocenters. The van der Waals surface area contributed by atoms with Crippen LogP contribution in [0.15, 0.2) is 29.3 Å². The summed E-state index contributed by atoms with van der Waals surface area (Å²) in [6.07, 6.45) is 4.72. The van der Waals surface area contributed by atoms with Gasteiger partial charge >= 0.3 is 0 Å². The van der Waals surface area contributed by atoms with E-state index >= 15 is 0 Å². The van der Waals surface area contributed by atoms with E-state index in [1.807, 2.05) is 0 Å². The zero-order chi connectivity index (χ0) is 11.0. The molecule has 1 atom stereocenters. The number of rotatable bonds is 0. The van der Waals surface area contributed by atoms with Crippen LogP contribution in [0, 0.1) is 0 Å². The maximum Gasteiger partial charge on any atom is 0.154 e. The first-order valence-corrected chi connectivity index (χ1v) is 6.85. The number of fused-ring (bicyclic) bond motifs is 2. The first kappa shape index (κ1) is 10.2. The summed E-state index contributed by atoms with van der Waals surface area (Å²) in [4.78, 5) is 4.77. The van der Waals surface area contributed by atoms with Crippen molar-refractivity contribution in [2.75, 3.05) is 5.75 Å². The van der Waals surface area contributed by atoms with E-state index in [4.69, 9.17) is 10.7 Å². The number of hydrogen-bond donors (Lipinski definition) is 1. The molecule has 0 saturated heterocycles. The Bertz CT molecular complexity index is 441. The molecule has 2 nitrogen and oxygen atoms in total. The van der Waals surface area contributed by atoms with Crippen molar-refractivity contribution in [3.05, 3.63) is 35.4 Å². The van der Waals surface area contributed by atoms with Gasteiger partial charge in [0, 0.05) is 5.75 Å². The molecular weight excluding hydrogens is 216 g/mol. The second-order valence-corrected chi connectivity index (χ2v) is 5.71. The van der Waals surface area contributed by atoms with E-state index < -0.39 is 0 Å². The molecule has 1 spiro atoms. The normalized spacial score (nSPS) is 28.6. The van der Waals surface area contributed by atoms with Gasteiger partial charge in [-0.1, -0.05) is 36.0 Å². The van der Waals surface area contributed by atoms with Crippen LogP contribution in [0.4, 0.5) is 0 Å². The molecule has 16 heavy (non-hydrogen) atoms. The molecule has 1 aromatic rings. The SMILES string of the molecule is NC1=NC2(CCCc3ccccc32)CCS1. The summed E-state index contributed by atoms with van der Waals surface area (Å²) in [6, 6.07) is 8.73. The molecule has 1 aliphatic carbocycles. The van der Waals surface area contributed by atoms with Crippen molar-refractivity contribution in [1.29, 1.82) is 0 Å². The molecule has 3 heteroatoms. The van der Waals surface area contributed by atoms with Gasteiger partial charge in [0.15, 0.2) is 5.17 Å². The highest BCUT2D eigenvalue weighted by molar-refractivity contribution is 8.13. The highest BCUT2D eigenvalue weighted by Gasteiger charge is 2.37. The van der Waals surface area contributed by atoms with Gasteiger partial charge in [-0.05, 0) is 36.8 Å². The predicted molar refractivity (Wildman–Crippen MR) is 69.8 cm³/mol. The number of nitrogens with zero attached hydrogens (tertiary/aromatic N) is 1. The zero-order valence-electron chi connectivity index (χ0n) is 9.28. The van der Waals surface area contributed by atoms with Crippen LogP contribution in [0.5, 0.6) is 0 Å². The van der Waals surface area contributed by atoms with Crippen LogP contribution in [0.2, 0.25) is 0 Å². The molecule has 0 amide bonds. The van der Waals surface area contributed by atoms with Crippen molar-refractivity contribution >= 4 is 16.9 Å². The Morgan fingerprint density at radius 2 is 2.12 bits per heavy atom. The van der Waals surface area contributed by atoms with Crippen LogP contribution in [0.1, 0.15) is 30.4 Å². The van der Waals surface area contributed by atoms with Crippen LogP contribution in [0.25, 0.3) is 0 Å². The predicted octanol–water partition coefficient (Wildman–Crippen LogP) is 2.67. The molecule has 0 bridgehead atoms. The van der Waals surface area contributed by atoms with Crippen molar-refractivity contribution in [2.24, 2.45) is 10.7 Å². The molecule has 0 aromatic heterocycles. The standard InChI is InChI=1S/C13H16N2S/c14-12-15-13(8-9-16-12)7-3-5-10-4-1-2-6-11(10)13/h1-2,4,6H,3,5,7-9H2,(H2,14,15). The molecule has 1 heterocycles. The highest BCUT2D eigenvalue weighted by atomic mass is 32.2.